The molecule has 0 aliphatic carbocycles. The van der Waals surface area contributed by atoms with Gasteiger partial charge in [-0.25, -0.2) is 8.78 Å². The van der Waals surface area contributed by atoms with E-state index in [-0.39, 0.29) is 11.9 Å². The number of carbonyl (C=O) groups excluding carboxylic acids is 1. The van der Waals surface area contributed by atoms with Crippen LogP contribution in [0.1, 0.15) is 44.2 Å². The molecule has 1 amide bonds. The predicted molar refractivity (Wildman–Crippen MR) is 95.7 cm³/mol. The van der Waals surface area contributed by atoms with Gasteiger partial charge in [0, 0.05) is 20.3 Å². The molecular weight excluding hydrogens is 338 g/mol. The fraction of sp³-hybridized carbons (Fsp3) is 0.650. The van der Waals surface area contributed by atoms with E-state index in [1.807, 2.05) is 6.92 Å². The summed E-state index contributed by atoms with van der Waals surface area (Å²) in [6, 6.07) is 3.50. The Kier molecular flexibility index (Phi) is 5.92. The van der Waals surface area contributed by atoms with E-state index in [0.29, 0.717) is 17.5 Å². The Morgan fingerprint density at radius 2 is 1.85 bits per heavy atom. The number of rotatable bonds is 4. The summed E-state index contributed by atoms with van der Waals surface area (Å²) < 4.78 is 32.0. The van der Waals surface area contributed by atoms with Crippen molar-refractivity contribution in [2.45, 2.75) is 38.6 Å². The molecule has 1 spiro atoms. The highest BCUT2D eigenvalue weighted by Gasteiger charge is 2.36. The van der Waals surface area contributed by atoms with Crippen molar-refractivity contribution in [3.8, 4) is 0 Å². The average Bonchev–Trinajstić information content (AvgIpc) is 2.65. The quantitative estimate of drug-likeness (QED) is 0.819. The topological polar surface area (TPSA) is 32.8 Å². The minimum atomic E-state index is -0.881. The summed E-state index contributed by atoms with van der Waals surface area (Å²) in [5.74, 6) is -1.75. The SMILES string of the molecule is CC(c1ccc(F)c(F)c1)N(C)C(=O)CN1CCC2(CCOCC2)CC1. The molecule has 2 saturated heterocycles. The van der Waals surface area contributed by atoms with Crippen molar-refractivity contribution in [1.29, 1.82) is 0 Å². The maximum absolute atomic E-state index is 13.5. The first-order chi connectivity index (χ1) is 12.4. The van der Waals surface area contributed by atoms with Crippen LogP contribution in [0.2, 0.25) is 0 Å². The summed E-state index contributed by atoms with van der Waals surface area (Å²) in [6.45, 7) is 5.77. The van der Waals surface area contributed by atoms with Crippen molar-refractivity contribution in [3.05, 3.63) is 35.4 Å². The van der Waals surface area contributed by atoms with Crippen LogP contribution in [0.15, 0.2) is 18.2 Å². The van der Waals surface area contributed by atoms with Crippen LogP contribution in [0.25, 0.3) is 0 Å². The van der Waals surface area contributed by atoms with Gasteiger partial charge in [-0.2, -0.15) is 0 Å². The van der Waals surface area contributed by atoms with Gasteiger partial charge in [-0.15, -0.1) is 0 Å². The molecule has 2 aliphatic heterocycles. The number of halogens is 2. The second kappa shape index (κ2) is 8.01. The lowest BCUT2D eigenvalue weighted by Crippen LogP contribution is -2.46. The van der Waals surface area contributed by atoms with E-state index >= 15 is 0 Å². The number of hydrogen-bond acceptors (Lipinski definition) is 3. The largest absolute Gasteiger partial charge is 0.381 e. The first-order valence-electron chi connectivity index (χ1n) is 9.41. The van der Waals surface area contributed by atoms with E-state index in [1.54, 1.807) is 11.9 Å². The van der Waals surface area contributed by atoms with Crippen LogP contribution in [0.4, 0.5) is 8.78 Å². The zero-order valence-corrected chi connectivity index (χ0v) is 15.6. The zero-order chi connectivity index (χ0) is 18.7. The highest BCUT2D eigenvalue weighted by atomic mass is 19.2. The molecule has 3 rings (SSSR count). The van der Waals surface area contributed by atoms with E-state index in [9.17, 15) is 13.6 Å². The van der Waals surface area contributed by atoms with Gasteiger partial charge in [0.2, 0.25) is 5.91 Å². The second-order valence-corrected chi connectivity index (χ2v) is 7.74. The number of hydrogen-bond donors (Lipinski definition) is 0. The molecule has 144 valence electrons. The number of likely N-dealkylation sites (tertiary alicyclic amines) is 1. The highest BCUT2D eigenvalue weighted by Crippen LogP contribution is 2.40. The van der Waals surface area contributed by atoms with Gasteiger partial charge in [-0.05, 0) is 68.8 Å². The monoisotopic (exact) mass is 366 g/mol. The number of nitrogens with zero attached hydrogens (tertiary/aromatic N) is 2. The molecule has 2 heterocycles. The Labute approximate surface area is 154 Å². The Balaban J connectivity index is 1.53. The molecule has 0 N–H and O–H groups in total. The maximum atomic E-state index is 13.5. The highest BCUT2D eigenvalue weighted by molar-refractivity contribution is 5.78. The second-order valence-electron chi connectivity index (χ2n) is 7.74. The van der Waals surface area contributed by atoms with Crippen molar-refractivity contribution in [2.24, 2.45) is 5.41 Å². The molecule has 0 aromatic heterocycles. The summed E-state index contributed by atoms with van der Waals surface area (Å²) in [7, 11) is 1.72. The number of piperidine rings is 1. The van der Waals surface area contributed by atoms with Crippen LogP contribution in [0.5, 0.6) is 0 Å². The molecule has 0 bridgehead atoms. The van der Waals surface area contributed by atoms with Crippen LogP contribution in [-0.2, 0) is 9.53 Å². The molecule has 4 nitrogen and oxygen atoms in total. The van der Waals surface area contributed by atoms with Crippen molar-refractivity contribution < 1.29 is 18.3 Å². The lowest BCUT2D eigenvalue weighted by atomic mass is 9.72. The lowest BCUT2D eigenvalue weighted by molar-refractivity contribution is -0.134. The van der Waals surface area contributed by atoms with Crippen LogP contribution in [0, 0.1) is 17.0 Å². The third-order valence-corrected chi connectivity index (χ3v) is 6.23. The maximum Gasteiger partial charge on any atom is 0.236 e. The standard InChI is InChI=1S/C20H28F2N2O2/c1-15(16-3-4-17(21)18(22)13-16)23(2)19(25)14-24-9-5-20(6-10-24)7-11-26-12-8-20/h3-4,13,15H,5-12,14H2,1-2H3. The average molecular weight is 366 g/mol. The van der Waals surface area contributed by atoms with Crippen LogP contribution >= 0.6 is 0 Å². The van der Waals surface area contributed by atoms with Crippen molar-refractivity contribution in [1.82, 2.24) is 9.80 Å². The smallest absolute Gasteiger partial charge is 0.236 e. The normalized spacial score (nSPS) is 21.5. The van der Waals surface area contributed by atoms with Gasteiger partial charge in [0.1, 0.15) is 0 Å². The molecule has 26 heavy (non-hydrogen) atoms. The van der Waals surface area contributed by atoms with Crippen molar-refractivity contribution in [3.63, 3.8) is 0 Å². The first-order valence-corrected chi connectivity index (χ1v) is 9.41. The Hall–Kier alpha value is -1.53. The Morgan fingerprint density at radius 1 is 1.19 bits per heavy atom. The minimum Gasteiger partial charge on any atom is -0.381 e. The summed E-state index contributed by atoms with van der Waals surface area (Å²) >= 11 is 0. The molecule has 0 saturated carbocycles. The lowest BCUT2D eigenvalue weighted by Gasteiger charge is -2.44. The Morgan fingerprint density at radius 3 is 2.46 bits per heavy atom. The molecule has 2 aliphatic rings. The molecule has 6 heteroatoms. The summed E-state index contributed by atoms with van der Waals surface area (Å²) in [6.07, 6.45) is 4.49. The summed E-state index contributed by atoms with van der Waals surface area (Å²) in [5, 5.41) is 0. The van der Waals surface area contributed by atoms with Gasteiger partial charge < -0.3 is 9.64 Å². The zero-order valence-electron chi connectivity index (χ0n) is 15.6. The fourth-order valence-electron chi connectivity index (χ4n) is 4.00. The number of benzene rings is 1. The van der Waals surface area contributed by atoms with Gasteiger partial charge in [0.15, 0.2) is 11.6 Å². The predicted octanol–water partition coefficient (Wildman–Crippen LogP) is 3.38. The molecule has 1 unspecified atom stereocenters. The first kappa shape index (κ1) is 19.2. The molecule has 1 aromatic rings. The molecule has 0 radical (unpaired) electrons. The number of likely N-dealkylation sites (N-methyl/N-ethyl adjacent to an activating group) is 1. The third-order valence-electron chi connectivity index (χ3n) is 6.23. The fourth-order valence-corrected chi connectivity index (χ4v) is 4.00. The van der Waals surface area contributed by atoms with Crippen molar-refractivity contribution >= 4 is 5.91 Å². The molecule has 2 fully saturated rings. The van der Waals surface area contributed by atoms with Crippen molar-refractivity contribution in [2.75, 3.05) is 39.9 Å². The van der Waals surface area contributed by atoms with Crippen LogP contribution in [0.3, 0.4) is 0 Å². The van der Waals surface area contributed by atoms with Gasteiger partial charge in [-0.1, -0.05) is 6.07 Å². The van der Waals surface area contributed by atoms with Gasteiger partial charge >= 0.3 is 0 Å². The summed E-state index contributed by atoms with van der Waals surface area (Å²) in [4.78, 5) is 16.5. The third kappa shape index (κ3) is 4.23. The molecular formula is C20H28F2N2O2. The number of ether oxygens (including phenoxy) is 1. The van der Waals surface area contributed by atoms with Crippen LogP contribution < -0.4 is 0 Å². The van der Waals surface area contributed by atoms with E-state index in [1.165, 1.54) is 12.1 Å². The summed E-state index contributed by atoms with van der Waals surface area (Å²) in [5.41, 5.74) is 1.00. The van der Waals surface area contributed by atoms with Crippen LogP contribution in [-0.4, -0.2) is 55.6 Å². The van der Waals surface area contributed by atoms with E-state index < -0.39 is 11.6 Å². The van der Waals surface area contributed by atoms with E-state index in [4.69, 9.17) is 4.74 Å². The molecule has 1 atom stereocenters. The minimum absolute atomic E-state index is 0.00478. The molecule has 1 aromatic carbocycles. The van der Waals surface area contributed by atoms with E-state index in [0.717, 1.165) is 58.1 Å². The van der Waals surface area contributed by atoms with E-state index in [2.05, 4.69) is 4.90 Å². The van der Waals surface area contributed by atoms with Gasteiger partial charge in [0.25, 0.3) is 0 Å². The Bertz CT molecular complexity index is 637. The van der Waals surface area contributed by atoms with Gasteiger partial charge in [0.05, 0.1) is 12.6 Å². The number of amides is 1. The van der Waals surface area contributed by atoms with Gasteiger partial charge in [-0.3, -0.25) is 9.69 Å². The number of carbonyl (C=O) groups is 1.